The quantitative estimate of drug-likeness (QED) is 0.858. The Bertz CT molecular complexity index is 602. The predicted molar refractivity (Wildman–Crippen MR) is 81.5 cm³/mol. The zero-order chi connectivity index (χ0) is 14.5. The Morgan fingerprint density at radius 1 is 1.20 bits per heavy atom. The van der Waals surface area contributed by atoms with E-state index in [0.29, 0.717) is 16.5 Å². The Morgan fingerprint density at radius 2 is 1.90 bits per heavy atom. The average molecular weight is 310 g/mol. The number of benzene rings is 2. The van der Waals surface area contributed by atoms with Crippen LogP contribution in [0.2, 0.25) is 5.02 Å². The predicted octanol–water partition coefficient (Wildman–Crippen LogP) is 4.23. The van der Waals surface area contributed by atoms with Gasteiger partial charge in [-0.2, -0.15) is 0 Å². The van der Waals surface area contributed by atoms with E-state index in [0.717, 1.165) is 5.56 Å². The van der Waals surface area contributed by atoms with Crippen LogP contribution in [0.4, 0.5) is 5.69 Å². The fraction of sp³-hybridized carbons (Fsp3) is 0.133. The van der Waals surface area contributed by atoms with Crippen molar-refractivity contribution in [3.63, 3.8) is 0 Å². The molecule has 1 unspecified atom stereocenters. The van der Waals surface area contributed by atoms with E-state index >= 15 is 0 Å². The van der Waals surface area contributed by atoms with Crippen molar-refractivity contribution in [2.75, 3.05) is 5.32 Å². The minimum atomic E-state index is -1.12. The maximum absolute atomic E-state index is 11.9. The molecule has 20 heavy (non-hydrogen) atoms. The zero-order valence-corrected chi connectivity index (χ0v) is 12.3. The summed E-state index contributed by atoms with van der Waals surface area (Å²) in [6.45, 7) is 1.83. The molecule has 0 fully saturated rings. The van der Waals surface area contributed by atoms with E-state index < -0.39 is 11.5 Å². The van der Waals surface area contributed by atoms with Crippen LogP contribution in [0.15, 0.2) is 48.5 Å². The third-order valence-corrected chi connectivity index (χ3v) is 3.14. The summed E-state index contributed by atoms with van der Waals surface area (Å²) in [6, 6.07) is 14.2. The minimum absolute atomic E-state index is 0.424. The molecular weight excluding hydrogens is 297 g/mol. The lowest BCUT2D eigenvalue weighted by molar-refractivity contribution is -0.119. The Hall–Kier alpha value is -1.71. The van der Waals surface area contributed by atoms with E-state index in [1.807, 2.05) is 25.1 Å². The summed E-state index contributed by atoms with van der Waals surface area (Å²) >= 11 is 11.8. The molecular formula is C15H13Cl2NO2. The second-order valence-corrected chi connectivity index (χ2v) is 5.03. The number of carbonyl (C=O) groups is 1. The van der Waals surface area contributed by atoms with Crippen LogP contribution in [-0.4, -0.2) is 11.5 Å². The highest BCUT2D eigenvalue weighted by Gasteiger charge is 2.18. The number of nitrogens with one attached hydrogen (secondary N) is 1. The molecule has 0 aliphatic rings. The highest BCUT2D eigenvalue weighted by atomic mass is 35.5. The van der Waals surface area contributed by atoms with Gasteiger partial charge in [0, 0.05) is 10.7 Å². The SMILES string of the molecule is Cc1cc(Cl)ccc1OC(Cl)C(=O)Nc1ccccc1. The average Bonchev–Trinajstić information content (AvgIpc) is 2.43. The first-order valence-corrected chi connectivity index (χ1v) is 6.80. The summed E-state index contributed by atoms with van der Waals surface area (Å²) in [4.78, 5) is 11.9. The van der Waals surface area contributed by atoms with Gasteiger partial charge in [0.15, 0.2) is 0 Å². The molecule has 2 aromatic rings. The van der Waals surface area contributed by atoms with Crippen molar-refractivity contribution in [1.82, 2.24) is 0 Å². The highest BCUT2D eigenvalue weighted by Crippen LogP contribution is 2.23. The lowest BCUT2D eigenvalue weighted by atomic mass is 10.2. The molecule has 2 aromatic carbocycles. The third kappa shape index (κ3) is 3.89. The Morgan fingerprint density at radius 3 is 2.55 bits per heavy atom. The lowest BCUT2D eigenvalue weighted by Crippen LogP contribution is -2.28. The smallest absolute Gasteiger partial charge is 0.281 e. The number of amides is 1. The lowest BCUT2D eigenvalue weighted by Gasteiger charge is -2.14. The number of hydrogen-bond donors (Lipinski definition) is 1. The second-order valence-electron chi connectivity index (χ2n) is 4.20. The summed E-state index contributed by atoms with van der Waals surface area (Å²) in [5.74, 6) is 0.102. The van der Waals surface area contributed by atoms with Gasteiger partial charge in [0.1, 0.15) is 5.75 Å². The standard InChI is InChI=1S/C15H13Cl2NO2/c1-10-9-11(16)7-8-13(10)20-14(17)15(19)18-12-5-3-2-4-6-12/h2-9,14H,1H3,(H,18,19). The van der Waals surface area contributed by atoms with Crippen molar-refractivity contribution >= 4 is 34.8 Å². The van der Waals surface area contributed by atoms with Gasteiger partial charge in [-0.25, -0.2) is 0 Å². The fourth-order valence-electron chi connectivity index (χ4n) is 1.63. The maximum Gasteiger partial charge on any atom is 0.281 e. The van der Waals surface area contributed by atoms with Crippen LogP contribution < -0.4 is 10.1 Å². The van der Waals surface area contributed by atoms with E-state index in [2.05, 4.69) is 5.32 Å². The summed E-state index contributed by atoms with van der Waals surface area (Å²) in [5, 5.41) is 3.28. The largest absolute Gasteiger partial charge is 0.465 e. The first-order chi connectivity index (χ1) is 9.56. The summed E-state index contributed by atoms with van der Waals surface area (Å²) in [7, 11) is 0. The van der Waals surface area contributed by atoms with Crippen molar-refractivity contribution in [3.05, 3.63) is 59.1 Å². The highest BCUT2D eigenvalue weighted by molar-refractivity contribution is 6.31. The molecule has 1 amide bonds. The van der Waals surface area contributed by atoms with Crippen LogP contribution in [0.25, 0.3) is 0 Å². The summed E-state index contributed by atoms with van der Waals surface area (Å²) in [5.41, 5.74) is 0.366. The molecule has 0 saturated carbocycles. The molecule has 1 atom stereocenters. The molecule has 0 aliphatic heterocycles. The van der Waals surface area contributed by atoms with Gasteiger partial charge in [-0.3, -0.25) is 4.79 Å². The Balaban J connectivity index is 2.00. The van der Waals surface area contributed by atoms with E-state index in [9.17, 15) is 4.79 Å². The number of rotatable bonds is 4. The number of aryl methyl sites for hydroxylation is 1. The summed E-state index contributed by atoms with van der Waals surface area (Å²) < 4.78 is 5.43. The van der Waals surface area contributed by atoms with Crippen LogP contribution in [0.3, 0.4) is 0 Å². The number of alkyl halides is 1. The molecule has 0 spiro atoms. The summed E-state index contributed by atoms with van der Waals surface area (Å²) in [6.07, 6.45) is 0. The van der Waals surface area contributed by atoms with Crippen LogP contribution in [-0.2, 0) is 4.79 Å². The molecule has 3 nitrogen and oxygen atoms in total. The van der Waals surface area contributed by atoms with Gasteiger partial charge in [-0.05, 0) is 42.8 Å². The Labute approximate surface area is 127 Å². The molecule has 0 bridgehead atoms. The van der Waals surface area contributed by atoms with E-state index in [1.165, 1.54) is 0 Å². The van der Waals surface area contributed by atoms with Gasteiger partial charge in [0.25, 0.3) is 11.5 Å². The van der Waals surface area contributed by atoms with Crippen molar-refractivity contribution in [2.45, 2.75) is 12.5 Å². The van der Waals surface area contributed by atoms with Gasteiger partial charge in [-0.1, -0.05) is 41.4 Å². The van der Waals surface area contributed by atoms with Crippen molar-refractivity contribution in [1.29, 1.82) is 0 Å². The topological polar surface area (TPSA) is 38.3 Å². The number of hydrogen-bond acceptors (Lipinski definition) is 2. The maximum atomic E-state index is 11.9. The van der Waals surface area contributed by atoms with Crippen LogP contribution in [0.5, 0.6) is 5.75 Å². The molecule has 0 saturated heterocycles. The number of halogens is 2. The first kappa shape index (κ1) is 14.7. The second kappa shape index (κ2) is 6.64. The monoisotopic (exact) mass is 309 g/mol. The van der Waals surface area contributed by atoms with Crippen LogP contribution in [0.1, 0.15) is 5.56 Å². The third-order valence-electron chi connectivity index (χ3n) is 2.61. The zero-order valence-electron chi connectivity index (χ0n) is 10.8. The van der Waals surface area contributed by atoms with E-state index in [-0.39, 0.29) is 0 Å². The van der Waals surface area contributed by atoms with Gasteiger partial charge in [0.2, 0.25) is 0 Å². The van der Waals surface area contributed by atoms with Gasteiger partial charge in [-0.15, -0.1) is 0 Å². The fourth-order valence-corrected chi connectivity index (χ4v) is 2.01. The normalized spacial score (nSPS) is 11.8. The molecule has 5 heteroatoms. The number of carbonyl (C=O) groups excluding carboxylic acids is 1. The van der Waals surface area contributed by atoms with E-state index in [1.54, 1.807) is 30.3 Å². The minimum Gasteiger partial charge on any atom is -0.465 e. The number of para-hydroxylation sites is 1. The van der Waals surface area contributed by atoms with Crippen molar-refractivity contribution in [2.24, 2.45) is 0 Å². The number of anilines is 1. The molecule has 104 valence electrons. The molecule has 0 aliphatic carbocycles. The van der Waals surface area contributed by atoms with E-state index in [4.69, 9.17) is 27.9 Å². The molecule has 0 radical (unpaired) electrons. The van der Waals surface area contributed by atoms with Crippen molar-refractivity contribution < 1.29 is 9.53 Å². The van der Waals surface area contributed by atoms with Crippen LogP contribution >= 0.6 is 23.2 Å². The Kier molecular flexibility index (Phi) is 4.88. The van der Waals surface area contributed by atoms with Crippen LogP contribution in [0, 0.1) is 6.92 Å². The molecule has 2 rings (SSSR count). The van der Waals surface area contributed by atoms with Crippen molar-refractivity contribution in [3.8, 4) is 5.75 Å². The molecule has 1 N–H and O–H groups in total. The van der Waals surface area contributed by atoms with Gasteiger partial charge >= 0.3 is 0 Å². The molecule has 0 heterocycles. The van der Waals surface area contributed by atoms with Gasteiger partial charge < -0.3 is 10.1 Å². The number of ether oxygens (including phenoxy) is 1. The molecule has 0 aromatic heterocycles. The first-order valence-electron chi connectivity index (χ1n) is 5.99. The van der Waals surface area contributed by atoms with Gasteiger partial charge in [0.05, 0.1) is 0 Å².